The second-order valence-electron chi connectivity index (χ2n) is 6.01. The molecule has 1 heterocycles. The van der Waals surface area contributed by atoms with E-state index in [-0.39, 0.29) is 5.54 Å². The number of nitrogens with two attached hydrogens (primary N) is 1. The molecule has 2 N–H and O–H groups in total. The number of fused-ring (bicyclic) bond motifs is 1. The maximum absolute atomic E-state index is 6.83. The summed E-state index contributed by atoms with van der Waals surface area (Å²) in [6, 6.07) is 8.83. The Morgan fingerprint density at radius 3 is 3.00 bits per heavy atom. The van der Waals surface area contributed by atoms with Gasteiger partial charge in [0.15, 0.2) is 0 Å². The molecule has 0 amide bonds. The lowest BCUT2D eigenvalue weighted by Crippen LogP contribution is -2.36. The highest BCUT2D eigenvalue weighted by atomic mass is 32.1. The van der Waals surface area contributed by atoms with Crippen molar-refractivity contribution in [3.8, 4) is 0 Å². The first-order valence-electron chi connectivity index (χ1n) is 7.48. The summed E-state index contributed by atoms with van der Waals surface area (Å²) in [4.78, 5) is 0. The van der Waals surface area contributed by atoms with Crippen LogP contribution in [0.1, 0.15) is 51.0 Å². The average Bonchev–Trinajstić information content (AvgIpc) is 2.82. The molecule has 2 atom stereocenters. The Labute approximate surface area is 119 Å². The molecule has 1 aromatic heterocycles. The minimum absolute atomic E-state index is 0.103. The van der Waals surface area contributed by atoms with Crippen LogP contribution in [0.2, 0.25) is 0 Å². The normalized spacial score (nSPS) is 28.4. The summed E-state index contributed by atoms with van der Waals surface area (Å²) in [7, 11) is 0. The minimum atomic E-state index is -0.103. The highest BCUT2D eigenvalue weighted by molar-refractivity contribution is 7.17. The van der Waals surface area contributed by atoms with Crippen molar-refractivity contribution in [1.82, 2.24) is 0 Å². The molecular weight excluding hydrogens is 250 g/mol. The summed E-state index contributed by atoms with van der Waals surface area (Å²) in [6.07, 6.45) is 7.50. The molecule has 1 aliphatic carbocycles. The average molecular weight is 273 g/mol. The fourth-order valence-corrected chi connectivity index (χ4v) is 4.52. The molecule has 1 aliphatic rings. The zero-order valence-electron chi connectivity index (χ0n) is 11.7. The quantitative estimate of drug-likeness (QED) is 0.762. The lowest BCUT2D eigenvalue weighted by atomic mass is 9.83. The van der Waals surface area contributed by atoms with Gasteiger partial charge in [-0.15, -0.1) is 11.3 Å². The molecule has 0 saturated heterocycles. The molecule has 1 aromatic carbocycles. The summed E-state index contributed by atoms with van der Waals surface area (Å²) in [6.45, 7) is 2.31. The van der Waals surface area contributed by atoms with Crippen molar-refractivity contribution in [2.45, 2.75) is 51.0 Å². The maximum atomic E-state index is 6.83. The van der Waals surface area contributed by atoms with Crippen LogP contribution in [0.15, 0.2) is 29.6 Å². The van der Waals surface area contributed by atoms with E-state index < -0.39 is 0 Å². The Hall–Kier alpha value is -0.860. The maximum Gasteiger partial charge on any atom is 0.0424 e. The van der Waals surface area contributed by atoms with E-state index in [1.807, 2.05) is 11.3 Å². The van der Waals surface area contributed by atoms with Gasteiger partial charge in [-0.05, 0) is 47.6 Å². The molecule has 3 rings (SSSR count). The third-order valence-corrected chi connectivity index (χ3v) is 5.79. The zero-order chi connectivity index (χ0) is 13.3. The fraction of sp³-hybridized carbons (Fsp3) is 0.529. The number of thiophene rings is 1. The van der Waals surface area contributed by atoms with Crippen LogP contribution in [0.25, 0.3) is 10.1 Å². The molecule has 2 heteroatoms. The molecule has 0 radical (unpaired) electrons. The van der Waals surface area contributed by atoms with Crippen LogP contribution in [0.3, 0.4) is 0 Å². The first-order valence-corrected chi connectivity index (χ1v) is 8.36. The standard InChI is InChI=1S/C17H23NS/c1-2-13-5-4-10-17(18,11-8-13)15-7-3-6-14-9-12-19-16(14)15/h3,6-7,9,12-13H,2,4-5,8,10-11,18H2,1H3. The van der Waals surface area contributed by atoms with Gasteiger partial charge < -0.3 is 5.73 Å². The molecule has 0 spiro atoms. The van der Waals surface area contributed by atoms with Crippen molar-refractivity contribution in [1.29, 1.82) is 0 Å². The van der Waals surface area contributed by atoms with Gasteiger partial charge in [0.25, 0.3) is 0 Å². The van der Waals surface area contributed by atoms with E-state index in [0.717, 1.165) is 18.8 Å². The summed E-state index contributed by atoms with van der Waals surface area (Å²) in [5.41, 5.74) is 8.11. The van der Waals surface area contributed by atoms with Gasteiger partial charge in [0.2, 0.25) is 0 Å². The van der Waals surface area contributed by atoms with Crippen molar-refractivity contribution in [2.75, 3.05) is 0 Å². The van der Waals surface area contributed by atoms with Crippen LogP contribution in [0.4, 0.5) is 0 Å². The van der Waals surface area contributed by atoms with Crippen LogP contribution in [-0.4, -0.2) is 0 Å². The van der Waals surface area contributed by atoms with Crippen molar-refractivity contribution in [2.24, 2.45) is 11.7 Å². The SMILES string of the molecule is CCC1CCCC(N)(c2cccc3ccsc23)CC1. The van der Waals surface area contributed by atoms with Crippen LogP contribution in [0, 0.1) is 5.92 Å². The van der Waals surface area contributed by atoms with Gasteiger partial charge in [-0.25, -0.2) is 0 Å². The summed E-state index contributed by atoms with van der Waals surface area (Å²) >= 11 is 1.84. The van der Waals surface area contributed by atoms with E-state index in [1.54, 1.807) is 0 Å². The van der Waals surface area contributed by atoms with Gasteiger partial charge in [0.05, 0.1) is 0 Å². The van der Waals surface area contributed by atoms with Gasteiger partial charge in [0, 0.05) is 10.2 Å². The zero-order valence-corrected chi connectivity index (χ0v) is 12.5. The third kappa shape index (κ3) is 2.44. The molecule has 19 heavy (non-hydrogen) atoms. The Balaban J connectivity index is 1.97. The first-order chi connectivity index (χ1) is 9.23. The number of hydrogen-bond donors (Lipinski definition) is 1. The Morgan fingerprint density at radius 1 is 1.26 bits per heavy atom. The van der Waals surface area contributed by atoms with Crippen molar-refractivity contribution < 1.29 is 0 Å². The van der Waals surface area contributed by atoms with E-state index >= 15 is 0 Å². The smallest absolute Gasteiger partial charge is 0.0424 e. The van der Waals surface area contributed by atoms with Gasteiger partial charge in [-0.1, -0.05) is 44.4 Å². The number of benzene rings is 1. The second-order valence-corrected chi connectivity index (χ2v) is 6.92. The third-order valence-electron chi connectivity index (χ3n) is 4.83. The number of rotatable bonds is 2. The molecule has 2 unspecified atom stereocenters. The lowest BCUT2D eigenvalue weighted by molar-refractivity contribution is 0.374. The van der Waals surface area contributed by atoms with E-state index in [0.29, 0.717) is 0 Å². The first kappa shape index (κ1) is 13.1. The van der Waals surface area contributed by atoms with E-state index in [2.05, 4.69) is 36.6 Å². The molecule has 0 bridgehead atoms. The highest BCUT2D eigenvalue weighted by Gasteiger charge is 2.32. The van der Waals surface area contributed by atoms with Crippen LogP contribution < -0.4 is 5.73 Å². The van der Waals surface area contributed by atoms with Crippen LogP contribution >= 0.6 is 11.3 Å². The molecule has 1 fully saturated rings. The molecule has 1 saturated carbocycles. The lowest BCUT2D eigenvalue weighted by Gasteiger charge is -2.29. The highest BCUT2D eigenvalue weighted by Crippen LogP contribution is 2.40. The van der Waals surface area contributed by atoms with Gasteiger partial charge in [-0.3, -0.25) is 0 Å². The summed E-state index contributed by atoms with van der Waals surface area (Å²) < 4.78 is 1.40. The number of hydrogen-bond acceptors (Lipinski definition) is 2. The van der Waals surface area contributed by atoms with Crippen LogP contribution in [0.5, 0.6) is 0 Å². The Kier molecular flexibility index (Phi) is 3.64. The predicted molar refractivity (Wildman–Crippen MR) is 84.6 cm³/mol. The van der Waals surface area contributed by atoms with Crippen molar-refractivity contribution in [3.63, 3.8) is 0 Å². The van der Waals surface area contributed by atoms with Gasteiger partial charge >= 0.3 is 0 Å². The van der Waals surface area contributed by atoms with Crippen LogP contribution in [-0.2, 0) is 5.54 Å². The molecular formula is C17H23NS. The van der Waals surface area contributed by atoms with E-state index in [1.165, 1.54) is 41.3 Å². The van der Waals surface area contributed by atoms with E-state index in [9.17, 15) is 0 Å². The predicted octanol–water partition coefficient (Wildman–Crippen LogP) is 5.05. The monoisotopic (exact) mass is 273 g/mol. The molecule has 0 aliphatic heterocycles. The van der Waals surface area contributed by atoms with E-state index in [4.69, 9.17) is 5.73 Å². The van der Waals surface area contributed by atoms with Crippen molar-refractivity contribution in [3.05, 3.63) is 35.2 Å². The second kappa shape index (κ2) is 5.26. The van der Waals surface area contributed by atoms with Gasteiger partial charge in [0.1, 0.15) is 0 Å². The summed E-state index contributed by atoms with van der Waals surface area (Å²) in [5.74, 6) is 0.882. The Bertz CT molecular complexity index is 559. The molecule has 2 aromatic rings. The molecule has 1 nitrogen and oxygen atoms in total. The molecule has 102 valence electrons. The largest absolute Gasteiger partial charge is 0.321 e. The topological polar surface area (TPSA) is 26.0 Å². The minimum Gasteiger partial charge on any atom is -0.321 e. The van der Waals surface area contributed by atoms with Crippen molar-refractivity contribution >= 4 is 21.4 Å². The summed E-state index contributed by atoms with van der Waals surface area (Å²) in [5, 5.41) is 3.53. The fourth-order valence-electron chi connectivity index (χ4n) is 3.50. The Morgan fingerprint density at radius 2 is 2.16 bits per heavy atom. The van der Waals surface area contributed by atoms with Gasteiger partial charge in [-0.2, -0.15) is 0 Å².